The summed E-state index contributed by atoms with van der Waals surface area (Å²) in [6, 6.07) is 18.2. The van der Waals surface area contributed by atoms with Gasteiger partial charge in [-0.05, 0) is 29.7 Å². The summed E-state index contributed by atoms with van der Waals surface area (Å²) in [6.45, 7) is 2.72. The van der Waals surface area contributed by atoms with Gasteiger partial charge in [0.15, 0.2) is 0 Å². The standard InChI is InChI=1S/C20H23NO2S/c1-2-3-9-18-19(22)21-20(24-18)16-10-12-17(13-11-16)23-14-15-7-5-4-6-8-15/h4-8,10-13,18,20H,2-3,9,14H2,1H3,(H,21,22). The smallest absolute Gasteiger partial charge is 0.234 e. The summed E-state index contributed by atoms with van der Waals surface area (Å²) in [5.74, 6) is 1.02. The Balaban J connectivity index is 1.56. The van der Waals surface area contributed by atoms with E-state index in [2.05, 4.69) is 24.4 Å². The van der Waals surface area contributed by atoms with Crippen molar-refractivity contribution in [3.63, 3.8) is 0 Å². The van der Waals surface area contributed by atoms with E-state index >= 15 is 0 Å². The van der Waals surface area contributed by atoms with Crippen LogP contribution in [0.4, 0.5) is 0 Å². The summed E-state index contributed by atoms with van der Waals surface area (Å²) in [5.41, 5.74) is 2.28. The lowest BCUT2D eigenvalue weighted by Gasteiger charge is -2.11. The van der Waals surface area contributed by atoms with E-state index in [9.17, 15) is 4.79 Å². The first-order valence-corrected chi connectivity index (χ1v) is 9.43. The van der Waals surface area contributed by atoms with Crippen LogP contribution in [0.15, 0.2) is 54.6 Å². The maximum absolute atomic E-state index is 12.0. The molecule has 0 bridgehead atoms. The normalized spacial score (nSPS) is 20.0. The maximum atomic E-state index is 12.0. The van der Waals surface area contributed by atoms with Gasteiger partial charge in [-0.15, -0.1) is 11.8 Å². The summed E-state index contributed by atoms with van der Waals surface area (Å²) >= 11 is 1.73. The minimum absolute atomic E-state index is 0.0579. The van der Waals surface area contributed by atoms with Crippen molar-refractivity contribution < 1.29 is 9.53 Å². The van der Waals surface area contributed by atoms with Gasteiger partial charge in [-0.25, -0.2) is 0 Å². The average Bonchev–Trinajstić information content (AvgIpc) is 3.00. The van der Waals surface area contributed by atoms with Gasteiger partial charge in [-0.3, -0.25) is 4.79 Å². The zero-order valence-electron chi connectivity index (χ0n) is 13.9. The topological polar surface area (TPSA) is 38.3 Å². The molecule has 24 heavy (non-hydrogen) atoms. The summed E-state index contributed by atoms with van der Waals surface area (Å²) in [7, 11) is 0. The highest BCUT2D eigenvalue weighted by molar-refractivity contribution is 8.01. The number of carbonyl (C=O) groups is 1. The molecule has 3 rings (SSSR count). The number of nitrogens with one attached hydrogen (secondary N) is 1. The van der Waals surface area contributed by atoms with Crippen molar-refractivity contribution in [3.05, 3.63) is 65.7 Å². The number of hydrogen-bond donors (Lipinski definition) is 1. The highest BCUT2D eigenvalue weighted by atomic mass is 32.2. The molecule has 1 aliphatic rings. The van der Waals surface area contributed by atoms with Crippen LogP contribution in [0, 0.1) is 0 Å². The van der Waals surface area contributed by atoms with Crippen LogP contribution in [-0.2, 0) is 11.4 Å². The number of benzene rings is 2. The molecule has 1 aliphatic heterocycles. The highest BCUT2D eigenvalue weighted by Gasteiger charge is 2.32. The summed E-state index contributed by atoms with van der Waals surface area (Å²) in [5, 5.41) is 3.23. The number of hydrogen-bond acceptors (Lipinski definition) is 3. The van der Waals surface area contributed by atoms with Crippen LogP contribution in [0.1, 0.15) is 42.7 Å². The van der Waals surface area contributed by atoms with Crippen molar-refractivity contribution in [2.24, 2.45) is 0 Å². The molecule has 2 atom stereocenters. The summed E-state index contributed by atoms with van der Waals surface area (Å²) in [4.78, 5) is 12.0. The van der Waals surface area contributed by atoms with Gasteiger partial charge in [0.1, 0.15) is 17.7 Å². The number of ether oxygens (including phenoxy) is 1. The lowest BCUT2D eigenvalue weighted by atomic mass is 10.2. The molecule has 2 aromatic carbocycles. The van der Waals surface area contributed by atoms with Crippen molar-refractivity contribution in [3.8, 4) is 5.75 Å². The van der Waals surface area contributed by atoms with Crippen LogP contribution in [-0.4, -0.2) is 11.2 Å². The molecule has 126 valence electrons. The number of rotatable bonds is 7. The predicted molar refractivity (Wildman–Crippen MR) is 99.0 cm³/mol. The van der Waals surface area contributed by atoms with E-state index < -0.39 is 0 Å². The predicted octanol–water partition coefficient (Wildman–Crippen LogP) is 4.69. The third-order valence-corrected chi connectivity index (χ3v) is 5.56. The summed E-state index contributed by atoms with van der Waals surface area (Å²) in [6.07, 6.45) is 3.19. The Morgan fingerprint density at radius 1 is 1.08 bits per heavy atom. The first-order chi connectivity index (χ1) is 11.8. The maximum Gasteiger partial charge on any atom is 0.234 e. The van der Waals surface area contributed by atoms with E-state index in [1.807, 2.05) is 42.5 Å². The van der Waals surface area contributed by atoms with Gasteiger partial charge in [0.25, 0.3) is 0 Å². The van der Waals surface area contributed by atoms with Crippen LogP contribution in [0.25, 0.3) is 0 Å². The molecule has 1 amide bonds. The van der Waals surface area contributed by atoms with Crippen LogP contribution in [0.5, 0.6) is 5.75 Å². The fourth-order valence-electron chi connectivity index (χ4n) is 2.71. The molecule has 4 heteroatoms. The van der Waals surface area contributed by atoms with E-state index in [4.69, 9.17) is 4.74 Å². The molecule has 2 unspecified atom stereocenters. The molecule has 1 fully saturated rings. The Labute approximate surface area is 147 Å². The molecule has 1 heterocycles. The van der Waals surface area contributed by atoms with Gasteiger partial charge >= 0.3 is 0 Å². The van der Waals surface area contributed by atoms with Crippen molar-refractivity contribution in [1.29, 1.82) is 0 Å². The third-order valence-electron chi connectivity index (χ3n) is 4.12. The van der Waals surface area contributed by atoms with E-state index in [1.54, 1.807) is 11.8 Å². The van der Waals surface area contributed by atoms with Crippen LogP contribution < -0.4 is 10.1 Å². The lowest BCUT2D eigenvalue weighted by molar-refractivity contribution is -0.120. The average molecular weight is 341 g/mol. The first kappa shape index (κ1) is 16.9. The Morgan fingerprint density at radius 3 is 2.54 bits per heavy atom. The first-order valence-electron chi connectivity index (χ1n) is 8.49. The molecule has 2 aromatic rings. The summed E-state index contributed by atoms with van der Waals surface area (Å²) < 4.78 is 5.81. The molecular weight excluding hydrogens is 318 g/mol. The highest BCUT2D eigenvalue weighted by Crippen LogP contribution is 2.38. The van der Waals surface area contributed by atoms with Crippen molar-refractivity contribution in [2.75, 3.05) is 0 Å². The van der Waals surface area contributed by atoms with Crippen LogP contribution in [0.3, 0.4) is 0 Å². The minimum Gasteiger partial charge on any atom is -0.489 e. The molecule has 1 N–H and O–H groups in total. The number of carbonyl (C=O) groups excluding carboxylic acids is 1. The second-order valence-electron chi connectivity index (χ2n) is 6.00. The van der Waals surface area contributed by atoms with Crippen LogP contribution >= 0.6 is 11.8 Å². The van der Waals surface area contributed by atoms with E-state index in [0.717, 1.165) is 36.1 Å². The SMILES string of the molecule is CCCCC1SC(c2ccc(OCc3ccccc3)cc2)NC1=O. The number of thioether (sulfide) groups is 1. The van der Waals surface area contributed by atoms with Gasteiger partial charge in [0.05, 0.1) is 5.25 Å². The van der Waals surface area contributed by atoms with Crippen LogP contribution in [0.2, 0.25) is 0 Å². The second kappa shape index (κ2) is 8.25. The Kier molecular flexibility index (Phi) is 5.81. The van der Waals surface area contributed by atoms with Gasteiger partial charge in [-0.1, -0.05) is 62.2 Å². The molecule has 0 spiro atoms. The monoisotopic (exact) mass is 341 g/mol. The fraction of sp³-hybridized carbons (Fsp3) is 0.350. The van der Waals surface area contributed by atoms with E-state index in [-0.39, 0.29) is 16.5 Å². The fourth-order valence-corrected chi connectivity index (χ4v) is 4.03. The largest absolute Gasteiger partial charge is 0.489 e. The minimum atomic E-state index is 0.0579. The number of unbranched alkanes of at least 4 members (excludes halogenated alkanes) is 1. The molecule has 3 nitrogen and oxygen atoms in total. The van der Waals surface area contributed by atoms with Crippen molar-refractivity contribution >= 4 is 17.7 Å². The Morgan fingerprint density at radius 2 is 1.83 bits per heavy atom. The molecular formula is C20H23NO2S. The molecule has 0 radical (unpaired) electrons. The van der Waals surface area contributed by atoms with Gasteiger partial charge in [0.2, 0.25) is 5.91 Å². The Bertz CT molecular complexity index is 657. The van der Waals surface area contributed by atoms with E-state index in [0.29, 0.717) is 6.61 Å². The quantitative estimate of drug-likeness (QED) is 0.794. The second-order valence-corrected chi connectivity index (χ2v) is 7.31. The third kappa shape index (κ3) is 4.32. The van der Waals surface area contributed by atoms with Gasteiger partial charge in [-0.2, -0.15) is 0 Å². The lowest BCUT2D eigenvalue weighted by Crippen LogP contribution is -2.23. The van der Waals surface area contributed by atoms with Gasteiger partial charge < -0.3 is 10.1 Å². The zero-order valence-corrected chi connectivity index (χ0v) is 14.7. The Hall–Kier alpha value is -1.94. The van der Waals surface area contributed by atoms with Gasteiger partial charge in [0, 0.05) is 0 Å². The van der Waals surface area contributed by atoms with Crippen molar-refractivity contribution in [1.82, 2.24) is 5.32 Å². The zero-order chi connectivity index (χ0) is 16.8. The molecule has 0 saturated carbocycles. The molecule has 0 aliphatic carbocycles. The molecule has 1 saturated heterocycles. The molecule has 0 aromatic heterocycles. The number of amides is 1. The van der Waals surface area contributed by atoms with Crippen molar-refractivity contribution in [2.45, 2.75) is 43.4 Å². The van der Waals surface area contributed by atoms with E-state index in [1.165, 1.54) is 0 Å².